The first-order valence-corrected chi connectivity index (χ1v) is 12.7. The quantitative estimate of drug-likeness (QED) is 0.383. The molecule has 0 bridgehead atoms. The summed E-state index contributed by atoms with van der Waals surface area (Å²) < 4.78 is 33.5. The van der Waals surface area contributed by atoms with E-state index in [4.69, 9.17) is 4.52 Å². The predicted octanol–water partition coefficient (Wildman–Crippen LogP) is 3.82. The number of aryl methyl sites for hydroxylation is 1. The van der Waals surface area contributed by atoms with Crippen molar-refractivity contribution in [3.05, 3.63) is 77.0 Å². The van der Waals surface area contributed by atoms with Gasteiger partial charge >= 0.3 is 0 Å². The van der Waals surface area contributed by atoms with Crippen LogP contribution in [0, 0.1) is 6.92 Å². The van der Waals surface area contributed by atoms with Gasteiger partial charge in [0.05, 0.1) is 6.54 Å². The lowest BCUT2D eigenvalue weighted by Gasteiger charge is -2.32. The number of piperazine rings is 1. The number of nitrogens with zero attached hydrogens (tertiary/aromatic N) is 6. The molecule has 2 aromatic heterocycles. The van der Waals surface area contributed by atoms with Crippen molar-refractivity contribution in [3.63, 3.8) is 0 Å². The van der Waals surface area contributed by atoms with Crippen molar-refractivity contribution >= 4 is 5.91 Å². The van der Waals surface area contributed by atoms with E-state index in [1.54, 1.807) is 16.8 Å². The minimum Gasteiger partial charge on any atom is -0.379 e. The van der Waals surface area contributed by atoms with Crippen LogP contribution in [0.25, 0.3) is 23.0 Å². The van der Waals surface area contributed by atoms with Gasteiger partial charge in [-0.05, 0) is 50.2 Å². The number of hydrogen-bond donors (Lipinski definition) is 1. The highest BCUT2D eigenvalue weighted by Crippen LogP contribution is 2.30. The summed E-state index contributed by atoms with van der Waals surface area (Å²) in [6, 6.07) is 15.4. The summed E-state index contributed by atoms with van der Waals surface area (Å²) in [5.74, 6) is 0.525. The van der Waals surface area contributed by atoms with E-state index in [1.165, 1.54) is 12.1 Å². The lowest BCUT2D eigenvalue weighted by atomic mass is 9.95. The van der Waals surface area contributed by atoms with E-state index < -0.39 is 12.0 Å². The first-order chi connectivity index (χ1) is 18.6. The summed E-state index contributed by atoms with van der Waals surface area (Å²) in [5, 5.41) is 18.6. The van der Waals surface area contributed by atoms with Crippen molar-refractivity contribution in [2.45, 2.75) is 32.4 Å². The van der Waals surface area contributed by atoms with Gasteiger partial charge in [0.1, 0.15) is 5.60 Å². The molecular formula is C28H30F2N6O3. The molecule has 0 radical (unpaired) electrons. The standard InChI is InChI=1S/C28H30F2N6O3/c1-18-15-23(25-31-24(33-39-25)20-7-9-22(10-8-20)28(2,38)27(29)30)32-36(18)17-19-5-4-6-21(16-19)26(37)35-13-11-34(3)12-14-35/h4-10,15-16,27,38H,11-14,17H2,1-3H3. The number of carbonyl (C=O) groups is 1. The Morgan fingerprint density at radius 2 is 1.82 bits per heavy atom. The van der Waals surface area contributed by atoms with Gasteiger partial charge in [-0.3, -0.25) is 9.48 Å². The lowest BCUT2D eigenvalue weighted by Crippen LogP contribution is -2.47. The first-order valence-electron chi connectivity index (χ1n) is 12.7. The Balaban J connectivity index is 1.30. The molecule has 2 aromatic carbocycles. The molecule has 1 amide bonds. The van der Waals surface area contributed by atoms with Gasteiger partial charge < -0.3 is 19.4 Å². The number of benzene rings is 2. The Hall–Kier alpha value is -3.96. The van der Waals surface area contributed by atoms with Crippen molar-refractivity contribution in [1.29, 1.82) is 0 Å². The van der Waals surface area contributed by atoms with Crippen LogP contribution in [0.1, 0.15) is 34.1 Å². The van der Waals surface area contributed by atoms with Crippen LogP contribution in [0.2, 0.25) is 0 Å². The minimum atomic E-state index is -2.92. The summed E-state index contributed by atoms with van der Waals surface area (Å²) in [5.41, 5.74) is 1.36. The second-order valence-corrected chi connectivity index (χ2v) is 10.1. The molecule has 5 rings (SSSR count). The van der Waals surface area contributed by atoms with E-state index in [0.29, 0.717) is 36.5 Å². The zero-order valence-electron chi connectivity index (χ0n) is 22.0. The topological polar surface area (TPSA) is 101 Å². The fourth-order valence-corrected chi connectivity index (χ4v) is 4.47. The Kier molecular flexibility index (Phi) is 7.28. The van der Waals surface area contributed by atoms with Gasteiger partial charge in [0.2, 0.25) is 5.82 Å². The van der Waals surface area contributed by atoms with E-state index in [2.05, 4.69) is 27.2 Å². The largest absolute Gasteiger partial charge is 0.379 e. The molecule has 9 nitrogen and oxygen atoms in total. The first kappa shape index (κ1) is 26.6. The molecule has 1 N–H and O–H groups in total. The Morgan fingerprint density at radius 3 is 2.51 bits per heavy atom. The number of aromatic nitrogens is 4. The smallest absolute Gasteiger partial charge is 0.278 e. The summed E-state index contributed by atoms with van der Waals surface area (Å²) in [4.78, 5) is 21.5. The average Bonchev–Trinajstić information content (AvgIpc) is 3.56. The van der Waals surface area contributed by atoms with Crippen molar-refractivity contribution in [3.8, 4) is 23.0 Å². The number of rotatable bonds is 7. The molecule has 1 saturated heterocycles. The molecule has 1 unspecified atom stereocenters. The number of halogens is 2. The van der Waals surface area contributed by atoms with E-state index in [9.17, 15) is 18.7 Å². The van der Waals surface area contributed by atoms with E-state index in [0.717, 1.165) is 31.3 Å². The number of likely N-dealkylation sites (N-methyl/N-ethyl adjacent to an activating group) is 1. The predicted molar refractivity (Wildman–Crippen MR) is 140 cm³/mol. The molecule has 1 fully saturated rings. The number of amides is 1. The van der Waals surface area contributed by atoms with Crippen LogP contribution in [0.4, 0.5) is 8.78 Å². The molecule has 4 aromatic rings. The normalized spacial score (nSPS) is 16.0. The van der Waals surface area contributed by atoms with Gasteiger partial charge in [0.25, 0.3) is 18.2 Å². The molecule has 204 valence electrons. The maximum Gasteiger partial charge on any atom is 0.278 e. The van der Waals surface area contributed by atoms with E-state index in [1.807, 2.05) is 42.2 Å². The summed E-state index contributed by atoms with van der Waals surface area (Å²) >= 11 is 0. The molecule has 3 heterocycles. The third kappa shape index (κ3) is 5.59. The van der Waals surface area contributed by atoms with Gasteiger partial charge in [-0.2, -0.15) is 10.1 Å². The van der Waals surface area contributed by atoms with Crippen molar-refractivity contribution < 1.29 is 23.2 Å². The molecule has 0 saturated carbocycles. The van der Waals surface area contributed by atoms with Crippen molar-refractivity contribution in [1.82, 2.24) is 29.7 Å². The number of aliphatic hydroxyl groups is 1. The highest BCUT2D eigenvalue weighted by Gasteiger charge is 2.34. The van der Waals surface area contributed by atoms with Crippen LogP contribution in [0.15, 0.2) is 59.1 Å². The maximum absolute atomic E-state index is 13.1. The Bertz CT molecular complexity index is 1460. The fourth-order valence-electron chi connectivity index (χ4n) is 4.47. The monoisotopic (exact) mass is 536 g/mol. The highest BCUT2D eigenvalue weighted by atomic mass is 19.3. The second kappa shape index (κ2) is 10.7. The molecule has 1 atom stereocenters. The van der Waals surface area contributed by atoms with Crippen LogP contribution in [0.3, 0.4) is 0 Å². The van der Waals surface area contributed by atoms with Crippen LogP contribution in [-0.2, 0) is 12.1 Å². The molecule has 0 aliphatic carbocycles. The molecule has 11 heteroatoms. The SMILES string of the molecule is Cc1cc(-c2nc(-c3ccc(C(C)(O)C(F)F)cc3)no2)nn1Cc1cccc(C(=O)N2CCN(C)CC2)c1. The zero-order valence-corrected chi connectivity index (χ0v) is 22.0. The van der Waals surface area contributed by atoms with Crippen molar-refractivity contribution in [2.24, 2.45) is 0 Å². The molecular weight excluding hydrogens is 506 g/mol. The van der Waals surface area contributed by atoms with Gasteiger partial charge in [-0.1, -0.05) is 41.6 Å². The summed E-state index contributed by atoms with van der Waals surface area (Å²) in [6.45, 7) is 6.61. The molecule has 0 spiro atoms. The Labute approximate surface area is 224 Å². The van der Waals surface area contributed by atoms with E-state index >= 15 is 0 Å². The van der Waals surface area contributed by atoms with E-state index in [-0.39, 0.29) is 23.2 Å². The molecule has 1 aliphatic heterocycles. The number of alkyl halides is 2. The number of hydrogen-bond acceptors (Lipinski definition) is 7. The highest BCUT2D eigenvalue weighted by molar-refractivity contribution is 5.94. The lowest BCUT2D eigenvalue weighted by molar-refractivity contribution is -0.0883. The summed E-state index contributed by atoms with van der Waals surface area (Å²) in [7, 11) is 2.06. The van der Waals surface area contributed by atoms with Crippen LogP contribution in [-0.4, -0.2) is 80.4 Å². The van der Waals surface area contributed by atoms with Gasteiger partial charge in [0, 0.05) is 43.0 Å². The second-order valence-electron chi connectivity index (χ2n) is 10.1. The average molecular weight is 537 g/mol. The summed E-state index contributed by atoms with van der Waals surface area (Å²) in [6.07, 6.45) is -2.92. The molecule has 1 aliphatic rings. The van der Waals surface area contributed by atoms with Crippen LogP contribution < -0.4 is 0 Å². The minimum absolute atomic E-state index is 0.0343. The van der Waals surface area contributed by atoms with Crippen LogP contribution in [0.5, 0.6) is 0 Å². The molecule has 39 heavy (non-hydrogen) atoms. The third-order valence-electron chi connectivity index (χ3n) is 7.08. The zero-order chi connectivity index (χ0) is 27.7. The Morgan fingerprint density at radius 1 is 1.10 bits per heavy atom. The fraction of sp³-hybridized carbons (Fsp3) is 0.357. The number of carbonyl (C=O) groups excluding carboxylic acids is 1. The third-order valence-corrected chi connectivity index (χ3v) is 7.08. The van der Waals surface area contributed by atoms with Gasteiger partial charge in [0.15, 0.2) is 5.69 Å². The van der Waals surface area contributed by atoms with Gasteiger partial charge in [-0.25, -0.2) is 8.78 Å². The van der Waals surface area contributed by atoms with Gasteiger partial charge in [-0.15, -0.1) is 0 Å². The maximum atomic E-state index is 13.1. The van der Waals surface area contributed by atoms with Crippen LogP contribution >= 0.6 is 0 Å². The van der Waals surface area contributed by atoms with Crippen molar-refractivity contribution in [2.75, 3.05) is 33.2 Å².